The van der Waals surface area contributed by atoms with Crippen LogP contribution in [0.4, 0.5) is 0 Å². The van der Waals surface area contributed by atoms with Gasteiger partial charge < -0.3 is 14.6 Å². The highest BCUT2D eigenvalue weighted by atomic mass is 16.3. The standard InChI is InChI=1S/C22H28N4O/c1-2-7-19(8-3-1)17-24-22(23-12-10-21-9-6-16-27-21)26-15-11-20(18-26)25-13-4-5-14-25/h1-9,16,20H,10-15,17-18H2,(H,23,24). The van der Waals surface area contributed by atoms with E-state index >= 15 is 0 Å². The van der Waals surface area contributed by atoms with E-state index in [1.807, 2.05) is 18.2 Å². The van der Waals surface area contributed by atoms with Gasteiger partial charge in [-0.05, 0) is 24.1 Å². The molecule has 1 aromatic heterocycles. The molecule has 1 N–H and O–H groups in total. The number of nitrogens with one attached hydrogen (secondary N) is 1. The lowest BCUT2D eigenvalue weighted by molar-refractivity contribution is 0.259. The van der Waals surface area contributed by atoms with E-state index in [0.29, 0.717) is 12.6 Å². The zero-order chi connectivity index (χ0) is 18.3. The van der Waals surface area contributed by atoms with Gasteiger partial charge in [0, 0.05) is 45.2 Å². The van der Waals surface area contributed by atoms with Crippen molar-refractivity contribution < 1.29 is 4.42 Å². The van der Waals surface area contributed by atoms with Crippen LogP contribution >= 0.6 is 0 Å². The Morgan fingerprint density at radius 2 is 1.96 bits per heavy atom. The van der Waals surface area contributed by atoms with Gasteiger partial charge in [-0.2, -0.15) is 0 Å². The average Bonchev–Trinajstić information content (AvgIpc) is 3.47. The van der Waals surface area contributed by atoms with Crippen LogP contribution in [-0.2, 0) is 13.0 Å². The topological polar surface area (TPSA) is 44.0 Å². The Balaban J connectivity index is 1.38. The van der Waals surface area contributed by atoms with Gasteiger partial charge in [0.2, 0.25) is 0 Å². The van der Waals surface area contributed by atoms with Crippen molar-refractivity contribution in [1.29, 1.82) is 0 Å². The molecule has 1 aromatic carbocycles. The molecule has 0 saturated carbocycles. The molecule has 2 aliphatic rings. The molecule has 5 nitrogen and oxygen atoms in total. The summed E-state index contributed by atoms with van der Waals surface area (Å²) in [5.74, 6) is 2.02. The molecule has 2 aromatic rings. The number of hydrogen-bond donors (Lipinski definition) is 1. The van der Waals surface area contributed by atoms with Crippen LogP contribution in [0.3, 0.4) is 0 Å². The highest BCUT2D eigenvalue weighted by Crippen LogP contribution is 2.18. The van der Waals surface area contributed by atoms with Crippen molar-refractivity contribution in [1.82, 2.24) is 15.1 Å². The van der Waals surface area contributed by atoms with Gasteiger partial charge in [0.25, 0.3) is 0 Å². The maximum Gasteiger partial charge on any atom is 0.194 e. The molecule has 0 spiro atoms. The minimum Gasteiger partial charge on any atom is -0.469 e. The number of benzene rings is 1. The van der Waals surface area contributed by atoms with Crippen molar-refractivity contribution in [2.75, 3.05) is 32.7 Å². The lowest BCUT2D eigenvalue weighted by atomic mass is 10.2. The number of nitrogens with zero attached hydrogens (tertiary/aromatic N) is 3. The number of hydrogen-bond acceptors (Lipinski definition) is 3. The van der Waals surface area contributed by atoms with E-state index in [0.717, 1.165) is 50.9 Å². The third kappa shape index (κ3) is 4.80. The predicted molar refractivity (Wildman–Crippen MR) is 109 cm³/mol. The second-order valence-electron chi connectivity index (χ2n) is 7.20. The fourth-order valence-corrected chi connectivity index (χ4v) is 3.79. The van der Waals surface area contributed by atoms with Crippen molar-refractivity contribution in [3.05, 3.63) is 72.2 Å². The zero-order valence-electron chi connectivity index (χ0n) is 15.8. The van der Waals surface area contributed by atoms with Crippen LogP contribution in [0.2, 0.25) is 0 Å². The second-order valence-corrected chi connectivity index (χ2v) is 7.20. The van der Waals surface area contributed by atoms with E-state index in [2.05, 4.69) is 51.5 Å². The monoisotopic (exact) mass is 364 g/mol. The smallest absolute Gasteiger partial charge is 0.194 e. The van der Waals surface area contributed by atoms with Crippen LogP contribution in [0.5, 0.6) is 0 Å². The molecule has 4 rings (SSSR count). The van der Waals surface area contributed by atoms with Gasteiger partial charge in [-0.3, -0.25) is 4.90 Å². The van der Waals surface area contributed by atoms with Crippen LogP contribution < -0.4 is 5.32 Å². The first-order valence-corrected chi connectivity index (χ1v) is 9.87. The summed E-state index contributed by atoms with van der Waals surface area (Å²) < 4.78 is 5.45. The molecule has 1 fully saturated rings. The molecule has 3 heterocycles. The number of rotatable bonds is 6. The third-order valence-electron chi connectivity index (χ3n) is 5.31. The third-order valence-corrected chi connectivity index (χ3v) is 5.31. The molecule has 0 amide bonds. The Labute approximate surface area is 161 Å². The fourth-order valence-electron chi connectivity index (χ4n) is 3.79. The maximum absolute atomic E-state index is 5.45. The molecule has 27 heavy (non-hydrogen) atoms. The zero-order valence-corrected chi connectivity index (χ0v) is 15.8. The van der Waals surface area contributed by atoms with Crippen LogP contribution in [0.25, 0.3) is 0 Å². The highest BCUT2D eigenvalue weighted by molar-refractivity contribution is 5.80. The first-order valence-electron chi connectivity index (χ1n) is 9.87. The molecule has 1 unspecified atom stereocenters. The van der Waals surface area contributed by atoms with E-state index in [4.69, 9.17) is 9.41 Å². The minimum atomic E-state index is 0.619. The van der Waals surface area contributed by atoms with Gasteiger partial charge >= 0.3 is 0 Å². The molecule has 0 radical (unpaired) electrons. The van der Waals surface area contributed by atoms with Crippen molar-refractivity contribution in [3.8, 4) is 0 Å². The fraction of sp³-hybridized carbons (Fsp3) is 0.409. The predicted octanol–water partition coefficient (Wildman–Crippen LogP) is 2.91. The van der Waals surface area contributed by atoms with E-state index in [1.165, 1.54) is 12.0 Å². The highest BCUT2D eigenvalue weighted by Gasteiger charge is 2.29. The molecule has 0 bridgehead atoms. The molecule has 0 aliphatic carbocycles. The normalized spacial score (nSPS) is 20.5. The summed E-state index contributed by atoms with van der Waals surface area (Å²) in [5, 5.41) is 3.56. The minimum absolute atomic E-state index is 0.619. The lowest BCUT2D eigenvalue weighted by Gasteiger charge is -2.25. The summed E-state index contributed by atoms with van der Waals surface area (Å²) in [6.45, 7) is 5.80. The molecule has 1 atom stereocenters. The van der Waals surface area contributed by atoms with Crippen molar-refractivity contribution in [2.24, 2.45) is 4.99 Å². The molecular weight excluding hydrogens is 336 g/mol. The summed E-state index contributed by atoms with van der Waals surface area (Å²) in [6.07, 6.45) is 8.34. The average molecular weight is 364 g/mol. The van der Waals surface area contributed by atoms with Gasteiger partial charge in [0.1, 0.15) is 5.76 Å². The second kappa shape index (κ2) is 8.91. The summed E-state index contributed by atoms with van der Waals surface area (Å²) in [7, 11) is 0. The van der Waals surface area contributed by atoms with Crippen LogP contribution in [0.1, 0.15) is 17.7 Å². The van der Waals surface area contributed by atoms with Crippen molar-refractivity contribution in [3.63, 3.8) is 0 Å². The Morgan fingerprint density at radius 1 is 1.11 bits per heavy atom. The van der Waals surface area contributed by atoms with E-state index in [1.54, 1.807) is 6.26 Å². The molecular formula is C22H28N4O. The van der Waals surface area contributed by atoms with E-state index < -0.39 is 0 Å². The van der Waals surface area contributed by atoms with Crippen LogP contribution in [0.15, 0.2) is 70.3 Å². The Bertz CT molecular complexity index is 746. The van der Waals surface area contributed by atoms with Crippen LogP contribution in [0, 0.1) is 0 Å². The molecule has 1 saturated heterocycles. The molecule has 2 aliphatic heterocycles. The van der Waals surface area contributed by atoms with Crippen molar-refractivity contribution in [2.45, 2.75) is 25.4 Å². The summed E-state index contributed by atoms with van der Waals surface area (Å²) >= 11 is 0. The van der Waals surface area contributed by atoms with Crippen molar-refractivity contribution >= 4 is 5.96 Å². The number of likely N-dealkylation sites (tertiary alicyclic amines) is 1. The Morgan fingerprint density at radius 3 is 2.74 bits per heavy atom. The summed E-state index contributed by atoms with van der Waals surface area (Å²) in [4.78, 5) is 9.89. The maximum atomic E-state index is 5.45. The van der Waals surface area contributed by atoms with E-state index in [-0.39, 0.29) is 0 Å². The van der Waals surface area contributed by atoms with Crippen LogP contribution in [-0.4, -0.2) is 54.5 Å². The summed E-state index contributed by atoms with van der Waals surface area (Å²) in [6, 6.07) is 15.0. The van der Waals surface area contributed by atoms with Gasteiger partial charge in [0.15, 0.2) is 5.96 Å². The van der Waals surface area contributed by atoms with Gasteiger partial charge in [-0.1, -0.05) is 42.5 Å². The van der Waals surface area contributed by atoms with E-state index in [9.17, 15) is 0 Å². The lowest BCUT2D eigenvalue weighted by Crippen LogP contribution is -2.43. The quantitative estimate of drug-likeness (QED) is 0.486. The Kier molecular flexibility index (Phi) is 5.89. The first kappa shape index (κ1) is 17.9. The Hall–Kier alpha value is -2.53. The number of furan rings is 1. The first-order chi connectivity index (χ1) is 13.4. The largest absolute Gasteiger partial charge is 0.469 e. The SMILES string of the molecule is C1=CCN(C2CCN(C(=NCc3ccccc3)NCCc3ccco3)C2)C1. The molecule has 5 heteroatoms. The van der Waals surface area contributed by atoms with Gasteiger partial charge in [-0.15, -0.1) is 0 Å². The van der Waals surface area contributed by atoms with Gasteiger partial charge in [-0.25, -0.2) is 4.99 Å². The summed E-state index contributed by atoms with van der Waals surface area (Å²) in [5.41, 5.74) is 1.24. The number of guanidine groups is 1. The van der Waals surface area contributed by atoms with Gasteiger partial charge in [0.05, 0.1) is 12.8 Å². The number of aliphatic imine (C=N–C) groups is 1. The molecule has 142 valence electrons.